The van der Waals surface area contributed by atoms with E-state index < -0.39 is 33.1 Å². The van der Waals surface area contributed by atoms with Crippen LogP contribution in [0.15, 0.2) is 24.3 Å². The van der Waals surface area contributed by atoms with E-state index in [2.05, 4.69) is 10.9 Å². The first-order valence-electron chi connectivity index (χ1n) is 6.22. The Balaban J connectivity index is 1.84. The number of non-ortho nitro benzene ring substituents is 1. The summed E-state index contributed by atoms with van der Waals surface area (Å²) in [5, 5.41) is 11.2. The minimum Gasteiger partial charge on any atom is -0.286 e. The third kappa shape index (κ3) is 4.26. The molecule has 1 aliphatic rings. The van der Waals surface area contributed by atoms with E-state index in [1.807, 2.05) is 5.32 Å². The second kappa shape index (κ2) is 6.87. The van der Waals surface area contributed by atoms with Gasteiger partial charge in [0.2, 0.25) is 11.8 Å². The highest BCUT2D eigenvalue weighted by atomic mass is 32.2. The average Bonchev–Trinajstić information content (AvgIpc) is 2.82. The Morgan fingerprint density at radius 2 is 1.87 bits per heavy atom. The van der Waals surface area contributed by atoms with Gasteiger partial charge in [0.05, 0.1) is 4.92 Å². The summed E-state index contributed by atoms with van der Waals surface area (Å²) < 4.78 is 0. The van der Waals surface area contributed by atoms with Gasteiger partial charge in [-0.15, -0.1) is 0 Å². The molecule has 23 heavy (non-hydrogen) atoms. The minimum atomic E-state index is -0.834. The molecule has 11 heteroatoms. The number of benzene rings is 1. The van der Waals surface area contributed by atoms with E-state index >= 15 is 0 Å². The maximum absolute atomic E-state index is 11.7. The number of thioether (sulfide) groups is 1. The highest BCUT2D eigenvalue weighted by molar-refractivity contribution is 8.15. The van der Waals surface area contributed by atoms with E-state index in [-0.39, 0.29) is 17.7 Å². The molecule has 4 amide bonds. The number of hydrazine groups is 1. The Labute approximate surface area is 133 Å². The molecular weight excluding hydrogens is 328 g/mol. The number of nitrogens with one attached hydrogen (secondary N) is 3. The lowest BCUT2D eigenvalue weighted by Crippen LogP contribution is -2.43. The van der Waals surface area contributed by atoms with Gasteiger partial charge in [-0.1, -0.05) is 11.8 Å². The van der Waals surface area contributed by atoms with Crippen molar-refractivity contribution in [2.45, 2.75) is 11.7 Å². The zero-order chi connectivity index (χ0) is 17.0. The lowest BCUT2D eigenvalue weighted by molar-refractivity contribution is -0.384. The first-order valence-corrected chi connectivity index (χ1v) is 7.10. The summed E-state index contributed by atoms with van der Waals surface area (Å²) in [5.41, 5.74) is 4.16. The van der Waals surface area contributed by atoms with Crippen LogP contribution in [0.25, 0.3) is 0 Å². The van der Waals surface area contributed by atoms with Crippen molar-refractivity contribution in [2.24, 2.45) is 0 Å². The van der Waals surface area contributed by atoms with Crippen LogP contribution in [0.4, 0.5) is 10.5 Å². The fraction of sp³-hybridized carbons (Fsp3) is 0.167. The fourth-order valence-corrected chi connectivity index (χ4v) is 2.50. The van der Waals surface area contributed by atoms with Gasteiger partial charge in [-0.3, -0.25) is 45.5 Å². The van der Waals surface area contributed by atoms with E-state index in [1.54, 1.807) is 0 Å². The monoisotopic (exact) mass is 338 g/mol. The zero-order valence-electron chi connectivity index (χ0n) is 11.4. The van der Waals surface area contributed by atoms with Crippen LogP contribution in [0.5, 0.6) is 0 Å². The van der Waals surface area contributed by atoms with Crippen molar-refractivity contribution in [3.63, 3.8) is 0 Å². The number of amides is 4. The molecule has 0 aromatic heterocycles. The number of nitro groups is 1. The highest BCUT2D eigenvalue weighted by Crippen LogP contribution is 2.21. The summed E-state index contributed by atoms with van der Waals surface area (Å²) in [6, 6.07) is 4.78. The maximum Gasteiger partial charge on any atom is 0.286 e. The molecule has 0 saturated carbocycles. The Hall–Kier alpha value is -2.95. The van der Waals surface area contributed by atoms with Crippen molar-refractivity contribution in [3.8, 4) is 0 Å². The van der Waals surface area contributed by atoms with E-state index in [4.69, 9.17) is 0 Å². The maximum atomic E-state index is 11.7. The molecule has 0 aliphatic carbocycles. The van der Waals surface area contributed by atoms with Gasteiger partial charge < -0.3 is 0 Å². The summed E-state index contributed by atoms with van der Waals surface area (Å²) in [6.45, 7) is 0. The molecule has 2 rings (SSSR count). The molecule has 1 heterocycles. The molecule has 0 radical (unpaired) electrons. The van der Waals surface area contributed by atoms with E-state index in [0.29, 0.717) is 11.8 Å². The number of hydrogen-bond acceptors (Lipinski definition) is 7. The third-order valence-electron chi connectivity index (χ3n) is 2.79. The van der Waals surface area contributed by atoms with Crippen molar-refractivity contribution in [1.82, 2.24) is 16.2 Å². The molecule has 0 unspecified atom stereocenters. The molecule has 120 valence electrons. The van der Waals surface area contributed by atoms with Gasteiger partial charge in [-0.05, 0) is 12.1 Å². The smallest absolute Gasteiger partial charge is 0.286 e. The van der Waals surface area contributed by atoms with E-state index in [1.165, 1.54) is 12.1 Å². The lowest BCUT2D eigenvalue weighted by Gasteiger charge is -2.08. The van der Waals surface area contributed by atoms with Crippen LogP contribution in [0.1, 0.15) is 16.8 Å². The number of rotatable bonds is 4. The summed E-state index contributed by atoms with van der Waals surface area (Å²) in [4.78, 5) is 55.5. The molecule has 1 saturated heterocycles. The van der Waals surface area contributed by atoms with Gasteiger partial charge in [0.15, 0.2) is 0 Å². The molecule has 1 fully saturated rings. The van der Waals surface area contributed by atoms with Gasteiger partial charge >= 0.3 is 0 Å². The van der Waals surface area contributed by atoms with E-state index in [0.717, 1.165) is 12.1 Å². The molecule has 0 bridgehead atoms. The predicted molar refractivity (Wildman–Crippen MR) is 78.2 cm³/mol. The normalized spacial score (nSPS) is 16.6. The molecule has 1 aromatic carbocycles. The van der Waals surface area contributed by atoms with Crippen LogP contribution < -0.4 is 16.2 Å². The zero-order valence-corrected chi connectivity index (χ0v) is 12.2. The SMILES string of the molecule is O=C(C[C@H]1SC(=O)NC1=O)NNC(=O)c1ccc([N+](=O)[O-])cc1. The van der Waals surface area contributed by atoms with Gasteiger partial charge in [-0.25, -0.2) is 0 Å². The number of nitrogens with zero attached hydrogens (tertiary/aromatic N) is 1. The van der Waals surface area contributed by atoms with Crippen LogP contribution in [-0.4, -0.2) is 33.1 Å². The van der Waals surface area contributed by atoms with Crippen LogP contribution in [0, 0.1) is 10.1 Å². The second-order valence-corrected chi connectivity index (χ2v) is 5.57. The summed E-state index contributed by atoms with van der Waals surface area (Å²) in [7, 11) is 0. The molecule has 10 nitrogen and oxygen atoms in total. The number of hydrogen-bond donors (Lipinski definition) is 3. The van der Waals surface area contributed by atoms with Crippen LogP contribution in [0.2, 0.25) is 0 Å². The molecular formula is C12H10N4O6S. The van der Waals surface area contributed by atoms with Crippen molar-refractivity contribution in [2.75, 3.05) is 0 Å². The fourth-order valence-electron chi connectivity index (χ4n) is 1.68. The second-order valence-electron chi connectivity index (χ2n) is 4.39. The Bertz CT molecular complexity index is 689. The standard InChI is InChI=1S/C12H10N4O6S/c17-9(5-8-11(19)13-12(20)23-8)14-15-10(18)6-1-3-7(4-2-6)16(21)22/h1-4,8H,5H2,(H,14,17)(H,15,18)(H,13,19,20)/t8-/m1/s1. The summed E-state index contributed by atoms with van der Waals surface area (Å²) in [6.07, 6.45) is -0.275. The third-order valence-corrected chi connectivity index (χ3v) is 3.77. The predicted octanol–water partition coefficient (Wildman–Crippen LogP) is 0.0975. The average molecular weight is 338 g/mol. The van der Waals surface area contributed by atoms with E-state index in [9.17, 15) is 29.3 Å². The summed E-state index contributed by atoms with van der Waals surface area (Å²) in [5.74, 6) is -1.88. The molecule has 1 atom stereocenters. The Morgan fingerprint density at radius 1 is 1.22 bits per heavy atom. The topological polar surface area (TPSA) is 148 Å². The Kier molecular flexibility index (Phi) is 4.91. The Morgan fingerprint density at radius 3 is 2.39 bits per heavy atom. The minimum absolute atomic E-state index is 0.110. The lowest BCUT2D eigenvalue weighted by atomic mass is 10.2. The number of carbonyl (C=O) groups is 4. The molecule has 0 spiro atoms. The molecule has 1 aromatic rings. The van der Waals surface area contributed by atoms with Gasteiger partial charge in [0.1, 0.15) is 5.25 Å². The molecule has 3 N–H and O–H groups in total. The van der Waals surface area contributed by atoms with Gasteiger partial charge in [-0.2, -0.15) is 0 Å². The van der Waals surface area contributed by atoms with Crippen molar-refractivity contribution >= 4 is 40.4 Å². The van der Waals surface area contributed by atoms with Gasteiger partial charge in [0, 0.05) is 24.1 Å². The van der Waals surface area contributed by atoms with Crippen molar-refractivity contribution < 1.29 is 24.1 Å². The summed E-state index contributed by atoms with van der Waals surface area (Å²) >= 11 is 0.700. The first kappa shape index (κ1) is 16.4. The first-order chi connectivity index (χ1) is 10.9. The van der Waals surface area contributed by atoms with Crippen LogP contribution in [-0.2, 0) is 9.59 Å². The highest BCUT2D eigenvalue weighted by Gasteiger charge is 2.33. The van der Waals surface area contributed by atoms with Crippen LogP contribution >= 0.6 is 11.8 Å². The van der Waals surface area contributed by atoms with Crippen molar-refractivity contribution in [1.29, 1.82) is 0 Å². The number of nitro benzene ring substituents is 1. The van der Waals surface area contributed by atoms with Crippen molar-refractivity contribution in [3.05, 3.63) is 39.9 Å². The van der Waals surface area contributed by atoms with Gasteiger partial charge in [0.25, 0.3) is 16.8 Å². The largest absolute Gasteiger partial charge is 0.286 e. The number of carbonyl (C=O) groups excluding carboxylic acids is 4. The molecule has 1 aliphatic heterocycles. The quantitative estimate of drug-likeness (QED) is 0.521. The van der Waals surface area contributed by atoms with Crippen LogP contribution in [0.3, 0.4) is 0 Å². The number of imide groups is 1.